The van der Waals surface area contributed by atoms with Crippen LogP contribution in [0.2, 0.25) is 5.02 Å². The first-order chi connectivity index (χ1) is 13.4. The third kappa shape index (κ3) is 4.32. The van der Waals surface area contributed by atoms with Gasteiger partial charge in [-0.1, -0.05) is 22.8 Å². The molecule has 1 atom stereocenters. The molecule has 2 N–H and O–H groups in total. The van der Waals surface area contributed by atoms with Crippen molar-refractivity contribution in [2.24, 2.45) is 5.16 Å². The maximum Gasteiger partial charge on any atom is 0.306 e. The molecule has 2 aromatic rings. The van der Waals surface area contributed by atoms with Gasteiger partial charge in [0.1, 0.15) is 5.71 Å². The Hall–Kier alpha value is -1.68. The number of piperidine rings is 1. The second-order valence-electron chi connectivity index (χ2n) is 6.99. The molecule has 2 aliphatic rings. The molecule has 1 saturated heterocycles. The lowest BCUT2D eigenvalue weighted by molar-refractivity contribution is -0.663. The number of oxime groups is 1. The van der Waals surface area contributed by atoms with Crippen LogP contribution in [0.15, 0.2) is 28.7 Å². The standard InChI is InChI=1S/C18H20ClN3O4S2/c1-28(23,24)26-15-4-2-3-12(19)17(15)16-9-13(22-25-16)14-10-27-18(21-14)11-5-7-20-8-6-11/h2-4,10-11,16,20H,5-9H2,1H3/p+1. The number of hydrogen-bond donors (Lipinski definition) is 1. The molecule has 10 heteroatoms. The quantitative estimate of drug-likeness (QED) is 0.717. The summed E-state index contributed by atoms with van der Waals surface area (Å²) in [6.07, 6.45) is 3.21. The van der Waals surface area contributed by atoms with Gasteiger partial charge >= 0.3 is 10.1 Å². The van der Waals surface area contributed by atoms with Gasteiger partial charge in [-0.3, -0.25) is 0 Å². The van der Waals surface area contributed by atoms with Crippen LogP contribution in [0, 0.1) is 0 Å². The number of benzene rings is 1. The van der Waals surface area contributed by atoms with E-state index in [-0.39, 0.29) is 5.75 Å². The van der Waals surface area contributed by atoms with E-state index < -0.39 is 16.2 Å². The molecule has 0 bridgehead atoms. The Morgan fingerprint density at radius 1 is 1.32 bits per heavy atom. The predicted octanol–water partition coefficient (Wildman–Crippen LogP) is 2.44. The fraction of sp³-hybridized carbons (Fsp3) is 0.444. The maximum atomic E-state index is 11.6. The van der Waals surface area contributed by atoms with Crippen LogP contribution in [0.3, 0.4) is 0 Å². The van der Waals surface area contributed by atoms with Gasteiger partial charge in [0.2, 0.25) is 0 Å². The minimum Gasteiger partial charge on any atom is -0.387 e. The lowest BCUT2D eigenvalue weighted by atomic mass is 9.99. The lowest BCUT2D eigenvalue weighted by Crippen LogP contribution is -2.86. The molecule has 2 aliphatic heterocycles. The molecule has 1 unspecified atom stereocenters. The number of nitrogens with zero attached hydrogens (tertiary/aromatic N) is 2. The molecule has 1 fully saturated rings. The number of aromatic nitrogens is 1. The molecule has 1 aromatic heterocycles. The summed E-state index contributed by atoms with van der Waals surface area (Å²) >= 11 is 7.98. The Labute approximate surface area is 172 Å². The summed E-state index contributed by atoms with van der Waals surface area (Å²) in [5.74, 6) is 0.676. The highest BCUT2D eigenvalue weighted by Crippen LogP contribution is 2.40. The summed E-state index contributed by atoms with van der Waals surface area (Å²) in [6, 6.07) is 4.87. The van der Waals surface area contributed by atoms with Crippen LogP contribution >= 0.6 is 22.9 Å². The van der Waals surface area contributed by atoms with Gasteiger partial charge in [0.05, 0.1) is 40.6 Å². The summed E-state index contributed by atoms with van der Waals surface area (Å²) in [5, 5.41) is 10.1. The monoisotopic (exact) mass is 442 g/mol. The molecular weight excluding hydrogens is 422 g/mol. The minimum atomic E-state index is -3.69. The Kier molecular flexibility index (Phi) is 5.59. The van der Waals surface area contributed by atoms with E-state index in [9.17, 15) is 8.42 Å². The number of nitrogens with two attached hydrogens (primary N) is 1. The summed E-state index contributed by atoms with van der Waals surface area (Å²) in [4.78, 5) is 10.4. The van der Waals surface area contributed by atoms with E-state index >= 15 is 0 Å². The van der Waals surface area contributed by atoms with Crippen LogP contribution in [0.5, 0.6) is 5.75 Å². The summed E-state index contributed by atoms with van der Waals surface area (Å²) in [7, 11) is -3.69. The van der Waals surface area contributed by atoms with Crippen LogP contribution in [0.25, 0.3) is 0 Å². The van der Waals surface area contributed by atoms with E-state index in [1.165, 1.54) is 0 Å². The number of rotatable bonds is 5. The zero-order chi connectivity index (χ0) is 19.7. The average Bonchev–Trinajstić information content (AvgIpc) is 3.31. The molecule has 28 heavy (non-hydrogen) atoms. The third-order valence-corrected chi connectivity index (χ3v) is 6.67. The predicted molar refractivity (Wildman–Crippen MR) is 108 cm³/mol. The highest BCUT2D eigenvalue weighted by Gasteiger charge is 2.31. The highest BCUT2D eigenvalue weighted by molar-refractivity contribution is 7.86. The second kappa shape index (κ2) is 7.98. The fourth-order valence-corrected chi connectivity index (χ4v) is 5.29. The first-order valence-corrected chi connectivity index (χ1v) is 12.2. The maximum absolute atomic E-state index is 11.6. The van der Waals surface area contributed by atoms with Crippen LogP contribution in [-0.4, -0.2) is 38.5 Å². The molecule has 3 heterocycles. The lowest BCUT2D eigenvalue weighted by Gasteiger charge is -2.17. The molecule has 0 radical (unpaired) electrons. The van der Waals surface area contributed by atoms with E-state index in [0.717, 1.165) is 48.6 Å². The molecule has 4 rings (SSSR count). The highest BCUT2D eigenvalue weighted by atomic mass is 35.5. The fourth-order valence-electron chi connectivity index (χ4n) is 3.53. The first kappa shape index (κ1) is 19.6. The van der Waals surface area contributed by atoms with Crippen molar-refractivity contribution in [1.29, 1.82) is 0 Å². The first-order valence-electron chi connectivity index (χ1n) is 9.09. The molecule has 0 saturated carbocycles. The van der Waals surface area contributed by atoms with Crippen LogP contribution in [0.1, 0.15) is 47.5 Å². The second-order valence-corrected chi connectivity index (χ2v) is 9.86. The number of hydrogen-bond acceptors (Lipinski definition) is 7. The summed E-state index contributed by atoms with van der Waals surface area (Å²) in [5.41, 5.74) is 2.03. The van der Waals surface area contributed by atoms with Gasteiger partial charge < -0.3 is 14.3 Å². The third-order valence-electron chi connectivity index (χ3n) is 4.85. The summed E-state index contributed by atoms with van der Waals surface area (Å²) in [6.45, 7) is 2.28. The number of quaternary nitrogens is 1. The van der Waals surface area contributed by atoms with Crippen LogP contribution in [0.4, 0.5) is 0 Å². The van der Waals surface area contributed by atoms with Gasteiger partial charge in [-0.25, -0.2) is 4.98 Å². The normalized spacial score (nSPS) is 20.6. The average molecular weight is 443 g/mol. The van der Waals surface area contributed by atoms with E-state index in [2.05, 4.69) is 10.5 Å². The molecule has 150 valence electrons. The number of halogens is 1. The largest absolute Gasteiger partial charge is 0.387 e. The van der Waals surface area contributed by atoms with Crippen molar-refractivity contribution in [3.8, 4) is 5.75 Å². The van der Waals surface area contributed by atoms with E-state index in [4.69, 9.17) is 25.6 Å². The summed E-state index contributed by atoms with van der Waals surface area (Å²) < 4.78 is 28.2. The van der Waals surface area contributed by atoms with Crippen molar-refractivity contribution in [3.63, 3.8) is 0 Å². The Morgan fingerprint density at radius 3 is 2.86 bits per heavy atom. The molecule has 0 amide bonds. The van der Waals surface area contributed by atoms with Crippen molar-refractivity contribution < 1.29 is 22.8 Å². The van der Waals surface area contributed by atoms with Crippen molar-refractivity contribution in [2.45, 2.75) is 31.3 Å². The number of thiazole rings is 1. The molecule has 0 spiro atoms. The molecule has 1 aromatic carbocycles. The topological polar surface area (TPSA) is 94.5 Å². The zero-order valence-electron chi connectivity index (χ0n) is 15.3. The van der Waals surface area contributed by atoms with Crippen molar-refractivity contribution in [2.75, 3.05) is 19.3 Å². The Morgan fingerprint density at radius 2 is 2.11 bits per heavy atom. The molecular formula is C18H21ClN3O4S2+. The van der Waals surface area contributed by atoms with Crippen molar-refractivity contribution >= 4 is 38.8 Å². The van der Waals surface area contributed by atoms with E-state index in [0.29, 0.717) is 22.9 Å². The Bertz CT molecular complexity index is 1000. The van der Waals surface area contributed by atoms with E-state index in [1.807, 2.05) is 5.38 Å². The van der Waals surface area contributed by atoms with Gasteiger partial charge in [-0.05, 0) is 12.1 Å². The van der Waals surface area contributed by atoms with Gasteiger partial charge in [0.15, 0.2) is 11.9 Å². The van der Waals surface area contributed by atoms with Crippen LogP contribution < -0.4 is 9.50 Å². The van der Waals surface area contributed by atoms with Gasteiger partial charge in [0, 0.05) is 30.6 Å². The van der Waals surface area contributed by atoms with Crippen molar-refractivity contribution in [1.82, 2.24) is 4.98 Å². The zero-order valence-corrected chi connectivity index (χ0v) is 17.7. The Balaban J connectivity index is 1.52. The van der Waals surface area contributed by atoms with Gasteiger partial charge in [-0.2, -0.15) is 8.42 Å². The molecule has 0 aliphatic carbocycles. The van der Waals surface area contributed by atoms with E-state index in [1.54, 1.807) is 29.5 Å². The SMILES string of the molecule is CS(=O)(=O)Oc1cccc(Cl)c1C1CC(c2csc(C3CC[NH2+]CC3)n2)=NO1. The van der Waals surface area contributed by atoms with Gasteiger partial charge in [0.25, 0.3) is 0 Å². The van der Waals surface area contributed by atoms with Gasteiger partial charge in [-0.15, -0.1) is 11.3 Å². The smallest absolute Gasteiger partial charge is 0.306 e. The molecule has 7 nitrogen and oxygen atoms in total. The minimum absolute atomic E-state index is 0.161. The van der Waals surface area contributed by atoms with Crippen molar-refractivity contribution in [3.05, 3.63) is 44.9 Å². The van der Waals surface area contributed by atoms with Crippen LogP contribution in [-0.2, 0) is 15.0 Å².